The molecule has 0 aromatic heterocycles. The van der Waals surface area contributed by atoms with E-state index in [1.54, 1.807) is 6.92 Å². The van der Waals surface area contributed by atoms with Crippen LogP contribution in [0.2, 0.25) is 0 Å². The van der Waals surface area contributed by atoms with Crippen LogP contribution in [0.15, 0.2) is 0 Å². The van der Waals surface area contributed by atoms with Crippen LogP contribution in [0, 0.1) is 5.92 Å². The van der Waals surface area contributed by atoms with Crippen molar-refractivity contribution in [3.05, 3.63) is 0 Å². The number of nitrogens with zero attached hydrogens (tertiary/aromatic N) is 1. The first-order valence-electron chi connectivity index (χ1n) is 6.71. The topological polar surface area (TPSA) is 105 Å². The van der Waals surface area contributed by atoms with Crippen molar-refractivity contribution in [1.82, 2.24) is 10.2 Å². The largest absolute Gasteiger partial charge is 0.481 e. The van der Waals surface area contributed by atoms with Crippen molar-refractivity contribution in [3.63, 3.8) is 0 Å². The number of rotatable bonds is 10. The Kier molecular flexibility index (Phi) is 9.95. The van der Waals surface area contributed by atoms with Crippen LogP contribution in [0.4, 0.5) is 4.79 Å². The summed E-state index contributed by atoms with van der Waals surface area (Å²) in [5.41, 5.74) is 0. The molecule has 0 rings (SSSR count). The molecule has 0 aliphatic carbocycles. The second-order valence-electron chi connectivity index (χ2n) is 4.70. The van der Waals surface area contributed by atoms with E-state index in [9.17, 15) is 14.4 Å². The number of amides is 2. The summed E-state index contributed by atoms with van der Waals surface area (Å²) >= 11 is 0. The number of aliphatic carboxylic acids is 1. The minimum atomic E-state index is -0.904. The van der Waals surface area contributed by atoms with Gasteiger partial charge >= 0.3 is 18.0 Å². The molecular weight excluding hydrogens is 280 g/mol. The molecular formula is C13H24N2O6. The third kappa shape index (κ3) is 9.67. The van der Waals surface area contributed by atoms with Gasteiger partial charge in [0.05, 0.1) is 20.1 Å². The highest BCUT2D eigenvalue weighted by Gasteiger charge is 2.16. The molecule has 0 aliphatic rings. The first-order chi connectivity index (χ1) is 9.90. The second-order valence-corrected chi connectivity index (χ2v) is 4.70. The second kappa shape index (κ2) is 10.9. The number of ether oxygens (including phenoxy) is 2. The molecule has 8 nitrogen and oxygen atoms in total. The number of esters is 1. The van der Waals surface area contributed by atoms with Crippen LogP contribution < -0.4 is 5.32 Å². The summed E-state index contributed by atoms with van der Waals surface area (Å²) in [5, 5.41) is 11.3. The van der Waals surface area contributed by atoms with E-state index in [1.165, 1.54) is 19.1 Å². The lowest BCUT2D eigenvalue weighted by Gasteiger charge is -2.23. The normalized spacial score (nSPS) is 11.6. The highest BCUT2D eigenvalue weighted by molar-refractivity contribution is 5.75. The van der Waals surface area contributed by atoms with Gasteiger partial charge in [0.2, 0.25) is 0 Å². The number of carboxylic acids is 1. The maximum absolute atomic E-state index is 12.0. The molecule has 21 heavy (non-hydrogen) atoms. The first-order valence-corrected chi connectivity index (χ1v) is 6.71. The fourth-order valence-corrected chi connectivity index (χ4v) is 1.59. The molecule has 8 heteroatoms. The monoisotopic (exact) mass is 304 g/mol. The Bertz CT molecular complexity index is 348. The summed E-state index contributed by atoms with van der Waals surface area (Å²) in [6.45, 7) is 2.90. The quantitative estimate of drug-likeness (QED) is 0.563. The van der Waals surface area contributed by atoms with Crippen molar-refractivity contribution >= 4 is 18.0 Å². The predicted octanol–water partition coefficient (Wildman–Crippen LogP) is 0.318. The molecule has 0 spiro atoms. The standard InChI is InChI=1S/C13H24N2O6/c1-10(8-11(16)17)9-14-13(19)15(6-7-20-2)5-4-12(18)21-3/h10H,4-9H2,1-3H3,(H,14,19)(H,16,17). The maximum atomic E-state index is 12.0. The average molecular weight is 304 g/mol. The average Bonchev–Trinajstić information content (AvgIpc) is 2.43. The van der Waals surface area contributed by atoms with Gasteiger partial charge in [-0.3, -0.25) is 9.59 Å². The van der Waals surface area contributed by atoms with Crippen LogP contribution in [0.25, 0.3) is 0 Å². The smallest absolute Gasteiger partial charge is 0.317 e. The first kappa shape index (κ1) is 19.2. The van der Waals surface area contributed by atoms with Crippen molar-refractivity contribution < 1.29 is 29.0 Å². The number of carbonyl (C=O) groups is 3. The molecule has 0 bridgehead atoms. The summed E-state index contributed by atoms with van der Waals surface area (Å²) in [6, 6.07) is -0.354. The maximum Gasteiger partial charge on any atom is 0.317 e. The molecule has 0 heterocycles. The van der Waals surface area contributed by atoms with Crippen molar-refractivity contribution in [2.75, 3.05) is 40.5 Å². The van der Waals surface area contributed by atoms with Gasteiger partial charge in [-0.2, -0.15) is 0 Å². The van der Waals surface area contributed by atoms with Gasteiger partial charge in [0.25, 0.3) is 0 Å². The van der Waals surface area contributed by atoms with Gasteiger partial charge in [-0.25, -0.2) is 4.79 Å². The third-order valence-electron chi connectivity index (χ3n) is 2.79. The summed E-state index contributed by atoms with van der Waals surface area (Å²) in [4.78, 5) is 35.1. The number of carboxylic acid groups (broad SMARTS) is 1. The molecule has 0 radical (unpaired) electrons. The van der Waals surface area contributed by atoms with Gasteiger partial charge in [0.1, 0.15) is 0 Å². The third-order valence-corrected chi connectivity index (χ3v) is 2.79. The van der Waals surface area contributed by atoms with Gasteiger partial charge in [-0.1, -0.05) is 6.92 Å². The number of nitrogens with one attached hydrogen (secondary N) is 1. The van der Waals surface area contributed by atoms with Crippen molar-refractivity contribution in [3.8, 4) is 0 Å². The van der Waals surface area contributed by atoms with Crippen molar-refractivity contribution in [1.29, 1.82) is 0 Å². The van der Waals surface area contributed by atoms with Crippen LogP contribution >= 0.6 is 0 Å². The molecule has 0 saturated carbocycles. The van der Waals surface area contributed by atoms with Gasteiger partial charge in [0, 0.05) is 33.2 Å². The van der Waals surface area contributed by atoms with E-state index in [2.05, 4.69) is 10.1 Å². The molecule has 2 N–H and O–H groups in total. The van der Waals surface area contributed by atoms with Crippen molar-refractivity contribution in [2.45, 2.75) is 19.8 Å². The van der Waals surface area contributed by atoms with Gasteiger partial charge in [0.15, 0.2) is 0 Å². The van der Waals surface area contributed by atoms with Crippen molar-refractivity contribution in [2.24, 2.45) is 5.92 Å². The molecule has 2 amide bonds. The molecule has 1 atom stereocenters. The Morgan fingerprint density at radius 1 is 1.24 bits per heavy atom. The van der Waals surface area contributed by atoms with Crippen LogP contribution in [0.5, 0.6) is 0 Å². The highest BCUT2D eigenvalue weighted by atomic mass is 16.5. The SMILES string of the molecule is COCCN(CCC(=O)OC)C(=O)NCC(C)CC(=O)O. The summed E-state index contributed by atoms with van der Waals surface area (Å²) in [7, 11) is 2.81. The Hall–Kier alpha value is -1.83. The zero-order valence-electron chi connectivity index (χ0n) is 12.8. The van der Waals surface area contributed by atoms with Crippen LogP contribution in [-0.2, 0) is 19.1 Å². The Balaban J connectivity index is 4.29. The molecule has 0 aromatic rings. The van der Waals surface area contributed by atoms with E-state index in [1.807, 2.05) is 0 Å². The molecule has 122 valence electrons. The van der Waals surface area contributed by atoms with Crippen LogP contribution in [0.1, 0.15) is 19.8 Å². The summed E-state index contributed by atoms with van der Waals surface area (Å²) in [6.07, 6.45) is 0.0822. The molecule has 0 aromatic carbocycles. The number of carbonyl (C=O) groups excluding carboxylic acids is 2. The molecule has 0 aliphatic heterocycles. The minimum absolute atomic E-state index is 0.0134. The van der Waals surface area contributed by atoms with Gasteiger partial charge < -0.3 is 24.8 Å². The molecule has 1 unspecified atom stereocenters. The van der Waals surface area contributed by atoms with E-state index in [-0.39, 0.29) is 37.9 Å². The van der Waals surface area contributed by atoms with Gasteiger partial charge in [-0.05, 0) is 5.92 Å². The molecule has 0 fully saturated rings. The fourth-order valence-electron chi connectivity index (χ4n) is 1.59. The zero-order valence-corrected chi connectivity index (χ0v) is 12.8. The number of hydrogen-bond acceptors (Lipinski definition) is 5. The number of urea groups is 1. The van der Waals surface area contributed by atoms with E-state index in [0.29, 0.717) is 13.2 Å². The van der Waals surface area contributed by atoms with Gasteiger partial charge in [-0.15, -0.1) is 0 Å². The van der Waals surface area contributed by atoms with E-state index in [0.717, 1.165) is 0 Å². The fraction of sp³-hybridized carbons (Fsp3) is 0.769. The Morgan fingerprint density at radius 3 is 2.43 bits per heavy atom. The van der Waals surface area contributed by atoms with E-state index < -0.39 is 11.9 Å². The van der Waals surface area contributed by atoms with E-state index in [4.69, 9.17) is 9.84 Å². The minimum Gasteiger partial charge on any atom is -0.481 e. The van der Waals surface area contributed by atoms with E-state index >= 15 is 0 Å². The number of hydrogen-bond donors (Lipinski definition) is 2. The molecule has 0 saturated heterocycles. The Morgan fingerprint density at radius 2 is 1.90 bits per heavy atom. The lowest BCUT2D eigenvalue weighted by molar-refractivity contribution is -0.141. The predicted molar refractivity (Wildman–Crippen MR) is 74.9 cm³/mol. The Labute approximate surface area is 124 Å². The zero-order chi connectivity index (χ0) is 16.3. The highest BCUT2D eigenvalue weighted by Crippen LogP contribution is 2.01. The summed E-state index contributed by atoms with van der Waals surface area (Å²) in [5.74, 6) is -1.47. The lowest BCUT2D eigenvalue weighted by atomic mass is 10.1. The van der Waals surface area contributed by atoms with Crippen LogP contribution in [0.3, 0.4) is 0 Å². The van der Waals surface area contributed by atoms with Crippen LogP contribution in [-0.4, -0.2) is 68.4 Å². The summed E-state index contributed by atoms with van der Waals surface area (Å²) < 4.78 is 9.45. The lowest BCUT2D eigenvalue weighted by Crippen LogP contribution is -2.44. The number of methoxy groups -OCH3 is 2.